The van der Waals surface area contributed by atoms with Crippen molar-refractivity contribution in [2.75, 3.05) is 13.1 Å². The van der Waals surface area contributed by atoms with Crippen molar-refractivity contribution in [3.8, 4) is 0 Å². The maximum absolute atomic E-state index is 14.1. The average molecular weight is 634 g/mol. The standard InChI is InChI=1S/C33H55N5O7/c1-13-14-15-20(24(40)27(42)34-17-16-21(39)45-32(8,9)10)35-26(41)23-22-19(33(22,11)12)18-38(23)28(43)25(30(2,3)4)36-29(44)37-31(5,6)7/h13,19-20,22-23,25H,1,14-18H2,2-12H3,(H,34,42)(H,35,41)(H2,36,37,44)/t19?,20?,22-,23-,25+/m0/s1. The van der Waals surface area contributed by atoms with Crippen molar-refractivity contribution < 1.29 is 33.5 Å². The third kappa shape index (κ3) is 10.3. The molecule has 2 unspecified atom stereocenters. The number of carbonyl (C=O) groups is 6. The van der Waals surface area contributed by atoms with Crippen LogP contribution in [0.2, 0.25) is 0 Å². The summed E-state index contributed by atoms with van der Waals surface area (Å²) in [5.41, 5.74) is -2.07. The number of hydrogen-bond donors (Lipinski definition) is 4. The molecular formula is C33H55N5O7. The lowest BCUT2D eigenvalue weighted by Crippen LogP contribution is -2.62. The molecule has 2 rings (SSSR count). The number of likely N-dealkylation sites (tertiary alicyclic amines) is 1. The van der Waals surface area contributed by atoms with Crippen LogP contribution in [0.15, 0.2) is 12.7 Å². The maximum Gasteiger partial charge on any atom is 0.315 e. The number of hydrogen-bond acceptors (Lipinski definition) is 7. The number of carbonyl (C=O) groups excluding carboxylic acids is 6. The topological polar surface area (TPSA) is 163 Å². The fourth-order valence-electron chi connectivity index (χ4n) is 5.86. The van der Waals surface area contributed by atoms with Crippen molar-refractivity contribution in [3.05, 3.63) is 12.7 Å². The Morgan fingerprint density at radius 2 is 1.58 bits per heavy atom. The van der Waals surface area contributed by atoms with Crippen LogP contribution < -0.4 is 21.3 Å². The van der Waals surface area contributed by atoms with Gasteiger partial charge in [0.1, 0.15) is 17.7 Å². The van der Waals surface area contributed by atoms with Crippen LogP contribution >= 0.6 is 0 Å². The Balaban J connectivity index is 2.23. The van der Waals surface area contributed by atoms with Crippen molar-refractivity contribution >= 4 is 35.5 Å². The summed E-state index contributed by atoms with van der Waals surface area (Å²) in [5, 5.41) is 10.8. The zero-order chi connectivity index (χ0) is 34.7. The molecule has 1 aliphatic carbocycles. The SMILES string of the molecule is C=CCCC(NC(=O)[C@@H]1[C@@H]2C(CN1C(=O)[C@@H](NC(=O)NC(C)(C)C)C(C)(C)C)C2(C)C)C(=O)C(=O)NCCC(=O)OC(C)(C)C. The maximum atomic E-state index is 14.1. The minimum absolute atomic E-state index is 0.0692. The number of amides is 5. The van der Waals surface area contributed by atoms with Crippen molar-refractivity contribution in [1.29, 1.82) is 0 Å². The van der Waals surface area contributed by atoms with E-state index in [4.69, 9.17) is 4.74 Å². The molecule has 5 amide bonds. The normalized spacial score (nSPS) is 21.8. The van der Waals surface area contributed by atoms with Gasteiger partial charge in [0.15, 0.2) is 0 Å². The lowest BCUT2D eigenvalue weighted by molar-refractivity contribution is -0.154. The summed E-state index contributed by atoms with van der Waals surface area (Å²) in [7, 11) is 0. The second-order valence-corrected chi connectivity index (χ2v) is 15.9. The lowest BCUT2D eigenvalue weighted by atomic mass is 9.85. The number of ether oxygens (including phenoxy) is 1. The number of piperidine rings is 1. The summed E-state index contributed by atoms with van der Waals surface area (Å²) in [6.45, 7) is 24.2. The van der Waals surface area contributed by atoms with E-state index in [-0.39, 0.29) is 42.5 Å². The zero-order valence-electron chi connectivity index (χ0n) is 29.0. The number of nitrogens with one attached hydrogen (secondary N) is 4. The molecular weight excluding hydrogens is 578 g/mol. The molecule has 0 radical (unpaired) electrons. The molecule has 0 aromatic carbocycles. The van der Waals surface area contributed by atoms with Gasteiger partial charge in [0.2, 0.25) is 17.6 Å². The summed E-state index contributed by atoms with van der Waals surface area (Å²) in [6.07, 6.45) is 1.95. The Bertz CT molecular complexity index is 1180. The highest BCUT2D eigenvalue weighted by molar-refractivity contribution is 6.38. The molecule has 12 heteroatoms. The molecule has 2 fully saturated rings. The smallest absolute Gasteiger partial charge is 0.315 e. The fraction of sp³-hybridized carbons (Fsp3) is 0.758. The summed E-state index contributed by atoms with van der Waals surface area (Å²) < 4.78 is 5.23. The number of rotatable bonds is 12. The van der Waals surface area contributed by atoms with Crippen LogP contribution in [0, 0.1) is 22.7 Å². The zero-order valence-corrected chi connectivity index (χ0v) is 29.0. The van der Waals surface area contributed by atoms with E-state index in [1.54, 1.807) is 26.8 Å². The highest BCUT2D eigenvalue weighted by atomic mass is 16.6. The van der Waals surface area contributed by atoms with Crippen LogP contribution in [0.25, 0.3) is 0 Å². The highest BCUT2D eigenvalue weighted by Gasteiger charge is 2.70. The fourth-order valence-corrected chi connectivity index (χ4v) is 5.86. The Morgan fingerprint density at radius 3 is 2.09 bits per heavy atom. The van der Waals surface area contributed by atoms with Crippen molar-refractivity contribution in [2.24, 2.45) is 22.7 Å². The van der Waals surface area contributed by atoms with Gasteiger partial charge >= 0.3 is 12.0 Å². The van der Waals surface area contributed by atoms with Crippen LogP contribution in [0.1, 0.15) is 95.4 Å². The van der Waals surface area contributed by atoms with E-state index >= 15 is 0 Å². The molecule has 0 bridgehead atoms. The monoisotopic (exact) mass is 633 g/mol. The largest absolute Gasteiger partial charge is 0.460 e. The number of fused-ring (bicyclic) bond motifs is 1. The molecule has 1 saturated heterocycles. The predicted octanol–water partition coefficient (Wildman–Crippen LogP) is 2.85. The Hall–Kier alpha value is -3.44. The minimum atomic E-state index is -1.16. The second-order valence-electron chi connectivity index (χ2n) is 15.9. The number of nitrogens with zero attached hydrogens (tertiary/aromatic N) is 1. The van der Waals surface area contributed by atoms with E-state index in [9.17, 15) is 28.8 Å². The minimum Gasteiger partial charge on any atom is -0.460 e. The Labute approximate surface area is 268 Å². The summed E-state index contributed by atoms with van der Waals surface area (Å²) in [5.74, 6) is -3.30. The van der Waals surface area contributed by atoms with Gasteiger partial charge in [0, 0.05) is 18.6 Å². The van der Waals surface area contributed by atoms with Gasteiger partial charge in [0.25, 0.3) is 5.91 Å². The number of ketones is 1. The van der Waals surface area contributed by atoms with Crippen LogP contribution in [0.5, 0.6) is 0 Å². The number of Topliss-reactive ketones (excluding diaryl/α,β-unsaturated/α-hetero) is 1. The van der Waals surface area contributed by atoms with Gasteiger partial charge in [-0.25, -0.2) is 4.79 Å². The van der Waals surface area contributed by atoms with E-state index < -0.39 is 64.3 Å². The van der Waals surface area contributed by atoms with E-state index in [0.29, 0.717) is 13.0 Å². The van der Waals surface area contributed by atoms with Gasteiger partial charge in [-0.3, -0.25) is 24.0 Å². The Kier molecular flexibility index (Phi) is 11.7. The second kappa shape index (κ2) is 13.9. The molecule has 0 spiro atoms. The molecule has 4 N–H and O–H groups in total. The number of allylic oxidation sites excluding steroid dienone is 1. The van der Waals surface area contributed by atoms with E-state index in [1.165, 1.54) is 4.90 Å². The van der Waals surface area contributed by atoms with Crippen LogP contribution in [-0.2, 0) is 28.7 Å². The molecule has 1 aliphatic heterocycles. The van der Waals surface area contributed by atoms with E-state index in [1.807, 2.05) is 55.4 Å². The highest BCUT2D eigenvalue weighted by Crippen LogP contribution is 2.65. The van der Waals surface area contributed by atoms with Crippen LogP contribution in [-0.4, -0.2) is 82.8 Å². The average Bonchev–Trinajstić information content (AvgIpc) is 3.19. The molecule has 12 nitrogen and oxygen atoms in total. The molecule has 2 aliphatic rings. The van der Waals surface area contributed by atoms with Gasteiger partial charge in [-0.15, -0.1) is 6.58 Å². The third-order valence-electron chi connectivity index (χ3n) is 8.19. The van der Waals surface area contributed by atoms with Crippen molar-refractivity contribution in [2.45, 2.75) is 125 Å². The quantitative estimate of drug-likeness (QED) is 0.146. The summed E-state index contributed by atoms with van der Waals surface area (Å²) in [6, 6.07) is -3.47. The first-order chi connectivity index (χ1) is 20.4. The molecule has 0 aromatic rings. The third-order valence-corrected chi connectivity index (χ3v) is 8.19. The lowest BCUT2D eigenvalue weighted by Gasteiger charge is -2.38. The molecule has 254 valence electrons. The number of esters is 1. The first-order valence-electron chi connectivity index (χ1n) is 15.7. The molecule has 1 saturated carbocycles. The van der Waals surface area contributed by atoms with Gasteiger partial charge in [0.05, 0.1) is 12.5 Å². The van der Waals surface area contributed by atoms with Crippen LogP contribution in [0.4, 0.5) is 4.79 Å². The van der Waals surface area contributed by atoms with Crippen molar-refractivity contribution in [3.63, 3.8) is 0 Å². The van der Waals surface area contributed by atoms with Gasteiger partial charge in [-0.2, -0.15) is 0 Å². The number of urea groups is 1. The first kappa shape index (κ1) is 37.7. The molecule has 0 aromatic heterocycles. The molecule has 1 heterocycles. The van der Waals surface area contributed by atoms with Gasteiger partial charge < -0.3 is 30.9 Å². The summed E-state index contributed by atoms with van der Waals surface area (Å²) in [4.78, 5) is 80.3. The van der Waals surface area contributed by atoms with E-state index in [2.05, 4.69) is 27.8 Å². The molecule has 5 atom stereocenters. The first-order valence-corrected chi connectivity index (χ1v) is 15.7. The molecule has 45 heavy (non-hydrogen) atoms. The van der Waals surface area contributed by atoms with Crippen LogP contribution in [0.3, 0.4) is 0 Å². The summed E-state index contributed by atoms with van der Waals surface area (Å²) >= 11 is 0. The Morgan fingerprint density at radius 1 is 0.978 bits per heavy atom. The van der Waals surface area contributed by atoms with Crippen molar-refractivity contribution in [1.82, 2.24) is 26.2 Å². The van der Waals surface area contributed by atoms with Gasteiger partial charge in [-0.1, -0.05) is 40.7 Å². The predicted molar refractivity (Wildman–Crippen MR) is 171 cm³/mol. The van der Waals surface area contributed by atoms with Gasteiger partial charge in [-0.05, 0) is 77.0 Å². The van der Waals surface area contributed by atoms with E-state index in [0.717, 1.165) is 0 Å².